The third kappa shape index (κ3) is 2.62. The molecule has 1 aliphatic rings. The number of fused-ring (bicyclic) bond motifs is 1. The topological polar surface area (TPSA) is 47.6 Å². The Morgan fingerprint density at radius 2 is 1.86 bits per heavy atom. The van der Waals surface area contributed by atoms with Gasteiger partial charge >= 0.3 is 0 Å². The van der Waals surface area contributed by atoms with Crippen LogP contribution in [0.1, 0.15) is 23.5 Å². The molecule has 1 amide bonds. The zero-order valence-electron chi connectivity index (χ0n) is 12.4. The number of carbonyl (C=O) groups excluding carboxylic acids is 1. The maximum atomic E-state index is 12.1. The Bertz CT molecular complexity index is 713. The van der Waals surface area contributed by atoms with Crippen molar-refractivity contribution in [2.75, 3.05) is 19.5 Å². The minimum atomic E-state index is -0.0677. The molecule has 2 aromatic rings. The van der Waals surface area contributed by atoms with Crippen molar-refractivity contribution < 1.29 is 14.3 Å². The van der Waals surface area contributed by atoms with E-state index in [1.165, 1.54) is 0 Å². The molecular weight excluding hydrogens is 302 g/mol. The third-order valence-corrected chi connectivity index (χ3v) is 4.11. The third-order valence-electron chi connectivity index (χ3n) is 3.86. The Labute approximate surface area is 134 Å². The molecule has 1 aliphatic heterocycles. The number of amides is 1. The molecule has 0 saturated carbocycles. The Kier molecular flexibility index (Phi) is 3.94. The molecule has 0 fully saturated rings. The first-order valence-corrected chi connectivity index (χ1v) is 7.31. The van der Waals surface area contributed by atoms with E-state index < -0.39 is 0 Å². The van der Waals surface area contributed by atoms with Gasteiger partial charge in [0.25, 0.3) is 0 Å². The van der Waals surface area contributed by atoms with Crippen LogP contribution in [0.3, 0.4) is 0 Å². The van der Waals surface area contributed by atoms with Gasteiger partial charge in [0.15, 0.2) is 0 Å². The van der Waals surface area contributed by atoms with E-state index >= 15 is 0 Å². The first kappa shape index (κ1) is 14.7. The zero-order chi connectivity index (χ0) is 15.7. The summed E-state index contributed by atoms with van der Waals surface area (Å²) < 4.78 is 10.8. The number of nitrogens with one attached hydrogen (secondary N) is 1. The van der Waals surface area contributed by atoms with E-state index in [1.807, 2.05) is 36.4 Å². The lowest BCUT2D eigenvalue weighted by molar-refractivity contribution is -0.116. The van der Waals surface area contributed by atoms with Crippen LogP contribution in [-0.4, -0.2) is 20.1 Å². The number of halogens is 1. The van der Waals surface area contributed by atoms with Crippen LogP contribution < -0.4 is 14.8 Å². The second-order valence-electron chi connectivity index (χ2n) is 5.15. The van der Waals surface area contributed by atoms with E-state index in [0.717, 1.165) is 16.8 Å². The van der Waals surface area contributed by atoms with Crippen LogP contribution in [0.15, 0.2) is 36.4 Å². The first-order valence-electron chi connectivity index (χ1n) is 6.93. The Balaban J connectivity index is 2.15. The van der Waals surface area contributed by atoms with Gasteiger partial charge in [0.2, 0.25) is 5.91 Å². The second-order valence-corrected chi connectivity index (χ2v) is 5.58. The van der Waals surface area contributed by atoms with Gasteiger partial charge in [0.1, 0.15) is 11.5 Å². The summed E-state index contributed by atoms with van der Waals surface area (Å²) in [6, 6.07) is 11.2. The molecular formula is C17H16ClNO3. The SMILES string of the molecule is COc1cc2c(c(OC)c1)[C@H](c1ccc(Cl)cc1)CC(=O)N2. The van der Waals surface area contributed by atoms with Crippen LogP contribution in [-0.2, 0) is 4.79 Å². The maximum Gasteiger partial charge on any atom is 0.225 e. The number of rotatable bonds is 3. The van der Waals surface area contributed by atoms with Crippen LogP contribution in [0.5, 0.6) is 11.5 Å². The van der Waals surface area contributed by atoms with E-state index in [2.05, 4.69) is 5.32 Å². The van der Waals surface area contributed by atoms with Gasteiger partial charge in [0, 0.05) is 35.1 Å². The summed E-state index contributed by atoms with van der Waals surface area (Å²) in [5.41, 5.74) is 2.72. The summed E-state index contributed by atoms with van der Waals surface area (Å²) in [5.74, 6) is 1.26. The molecule has 4 nitrogen and oxygen atoms in total. The molecule has 2 aromatic carbocycles. The van der Waals surface area contributed by atoms with Gasteiger partial charge in [-0.05, 0) is 17.7 Å². The van der Waals surface area contributed by atoms with E-state index in [4.69, 9.17) is 21.1 Å². The van der Waals surface area contributed by atoms with E-state index in [1.54, 1.807) is 14.2 Å². The molecule has 3 rings (SSSR count). The summed E-state index contributed by atoms with van der Waals surface area (Å²) in [7, 11) is 3.20. The summed E-state index contributed by atoms with van der Waals surface area (Å²) in [6.45, 7) is 0. The van der Waals surface area contributed by atoms with Gasteiger partial charge in [-0.3, -0.25) is 4.79 Å². The van der Waals surface area contributed by atoms with Crippen molar-refractivity contribution in [2.45, 2.75) is 12.3 Å². The van der Waals surface area contributed by atoms with Gasteiger partial charge in [-0.2, -0.15) is 0 Å². The first-order chi connectivity index (χ1) is 10.6. The van der Waals surface area contributed by atoms with Crippen molar-refractivity contribution in [3.8, 4) is 11.5 Å². The van der Waals surface area contributed by atoms with Crippen LogP contribution in [0.4, 0.5) is 5.69 Å². The molecule has 0 aromatic heterocycles. The van der Waals surface area contributed by atoms with E-state index in [9.17, 15) is 4.79 Å². The number of methoxy groups -OCH3 is 2. The molecule has 22 heavy (non-hydrogen) atoms. The normalized spacial score (nSPS) is 16.7. The van der Waals surface area contributed by atoms with Gasteiger partial charge in [-0.1, -0.05) is 23.7 Å². The quantitative estimate of drug-likeness (QED) is 0.936. The van der Waals surface area contributed by atoms with Crippen LogP contribution in [0.2, 0.25) is 5.02 Å². The number of carbonyl (C=O) groups is 1. The van der Waals surface area contributed by atoms with Gasteiger partial charge in [0.05, 0.1) is 19.9 Å². The van der Waals surface area contributed by atoms with Gasteiger partial charge in [-0.25, -0.2) is 0 Å². The zero-order valence-corrected chi connectivity index (χ0v) is 13.1. The van der Waals surface area contributed by atoms with Crippen LogP contribution in [0, 0.1) is 0 Å². The smallest absolute Gasteiger partial charge is 0.225 e. The summed E-state index contributed by atoms with van der Waals surface area (Å²) in [5, 5.41) is 3.57. The summed E-state index contributed by atoms with van der Waals surface area (Å²) in [6.07, 6.45) is 0.372. The minimum absolute atomic E-state index is 0.0252. The highest BCUT2D eigenvalue weighted by molar-refractivity contribution is 6.30. The predicted molar refractivity (Wildman–Crippen MR) is 86.1 cm³/mol. The molecule has 0 unspecified atom stereocenters. The van der Waals surface area contributed by atoms with Crippen molar-refractivity contribution in [2.24, 2.45) is 0 Å². The monoisotopic (exact) mass is 317 g/mol. The molecule has 1 heterocycles. The summed E-state index contributed by atoms with van der Waals surface area (Å²) >= 11 is 5.96. The Morgan fingerprint density at radius 1 is 1.14 bits per heavy atom. The lowest BCUT2D eigenvalue weighted by Gasteiger charge is -2.28. The summed E-state index contributed by atoms with van der Waals surface area (Å²) in [4.78, 5) is 12.1. The Morgan fingerprint density at radius 3 is 2.50 bits per heavy atom. The molecule has 1 N–H and O–H groups in total. The number of anilines is 1. The van der Waals surface area contributed by atoms with Crippen molar-refractivity contribution >= 4 is 23.2 Å². The average Bonchev–Trinajstić information content (AvgIpc) is 2.53. The van der Waals surface area contributed by atoms with Crippen molar-refractivity contribution in [1.82, 2.24) is 0 Å². The van der Waals surface area contributed by atoms with Crippen molar-refractivity contribution in [1.29, 1.82) is 0 Å². The van der Waals surface area contributed by atoms with E-state index in [-0.39, 0.29) is 11.8 Å². The fourth-order valence-corrected chi connectivity index (χ4v) is 2.95. The molecule has 0 bridgehead atoms. The van der Waals surface area contributed by atoms with Gasteiger partial charge < -0.3 is 14.8 Å². The number of hydrogen-bond donors (Lipinski definition) is 1. The molecule has 5 heteroatoms. The number of benzene rings is 2. The largest absolute Gasteiger partial charge is 0.497 e. The van der Waals surface area contributed by atoms with Gasteiger partial charge in [-0.15, -0.1) is 0 Å². The lowest BCUT2D eigenvalue weighted by Crippen LogP contribution is -2.24. The lowest BCUT2D eigenvalue weighted by atomic mass is 9.84. The molecule has 114 valence electrons. The highest BCUT2D eigenvalue weighted by atomic mass is 35.5. The van der Waals surface area contributed by atoms with Crippen molar-refractivity contribution in [3.63, 3.8) is 0 Å². The van der Waals surface area contributed by atoms with Crippen LogP contribution >= 0.6 is 11.6 Å². The fourth-order valence-electron chi connectivity index (χ4n) is 2.82. The maximum absolute atomic E-state index is 12.1. The molecule has 1 atom stereocenters. The average molecular weight is 318 g/mol. The molecule has 0 saturated heterocycles. The van der Waals surface area contributed by atoms with E-state index in [0.29, 0.717) is 22.9 Å². The van der Waals surface area contributed by atoms with Crippen molar-refractivity contribution in [3.05, 3.63) is 52.5 Å². The fraction of sp³-hybridized carbons (Fsp3) is 0.235. The highest BCUT2D eigenvalue weighted by Gasteiger charge is 2.30. The standard InChI is InChI=1S/C17H16ClNO3/c1-21-12-7-14-17(15(8-12)22-2)13(9-16(20)19-14)10-3-5-11(18)6-4-10/h3-8,13H,9H2,1-2H3,(H,19,20)/t13-/m0/s1. The molecule has 0 radical (unpaired) electrons. The Hall–Kier alpha value is -2.20. The molecule has 0 spiro atoms. The molecule has 0 aliphatic carbocycles. The number of hydrogen-bond acceptors (Lipinski definition) is 3. The highest BCUT2D eigenvalue weighted by Crippen LogP contribution is 2.44. The minimum Gasteiger partial charge on any atom is -0.497 e. The second kappa shape index (κ2) is 5.89. The predicted octanol–water partition coefficient (Wildman–Crippen LogP) is 3.83. The number of ether oxygens (including phenoxy) is 2. The van der Waals surface area contributed by atoms with Crippen LogP contribution in [0.25, 0.3) is 0 Å².